The molecule has 368 valence electrons. The number of rotatable bonds is 26. The molecule has 0 fully saturated rings. The van der Waals surface area contributed by atoms with Crippen LogP contribution in [0.2, 0.25) is 5.15 Å². The number of amides is 2. The maximum absolute atomic E-state index is 13.3. The Labute approximate surface area is 391 Å². The second-order valence-electron chi connectivity index (χ2n) is 16.2. The van der Waals surface area contributed by atoms with Gasteiger partial charge in [-0.15, -0.1) is 0 Å². The lowest BCUT2D eigenvalue weighted by molar-refractivity contribution is -0.130. The van der Waals surface area contributed by atoms with Gasteiger partial charge >= 0.3 is 0 Å². The first kappa shape index (κ1) is 54.4. The van der Waals surface area contributed by atoms with E-state index in [0.29, 0.717) is 31.5 Å². The van der Waals surface area contributed by atoms with Gasteiger partial charge in [-0.2, -0.15) is 0 Å². The summed E-state index contributed by atoms with van der Waals surface area (Å²) in [6.45, 7) is -1.95. The number of carbonyl (C=O) groups excluding carboxylic acids is 2. The number of fused-ring (bicyclic) bond motifs is 1. The number of aliphatic hydroxyl groups is 10. The summed E-state index contributed by atoms with van der Waals surface area (Å²) in [5, 5.41) is 118. The van der Waals surface area contributed by atoms with Crippen LogP contribution < -0.4 is 33.2 Å². The van der Waals surface area contributed by atoms with E-state index < -0.39 is 79.9 Å². The normalized spacial score (nSPS) is 15.8. The number of nitrogen functional groups attached to an aromatic ring is 2. The van der Waals surface area contributed by atoms with Gasteiger partial charge in [0.2, 0.25) is 5.91 Å². The first-order valence-corrected chi connectivity index (χ1v) is 22.0. The van der Waals surface area contributed by atoms with E-state index in [1.54, 1.807) is 24.3 Å². The molecule has 67 heavy (non-hydrogen) atoms. The molecule has 0 aliphatic rings. The second-order valence-corrected chi connectivity index (χ2v) is 16.6. The molecule has 0 saturated heterocycles. The Hall–Kier alpha value is -5.18. The van der Waals surface area contributed by atoms with Crippen LogP contribution in [0.5, 0.6) is 0 Å². The van der Waals surface area contributed by atoms with Crippen molar-refractivity contribution in [2.75, 3.05) is 56.2 Å². The number of nitrogens with one attached hydrogen (secondary N) is 4. The number of aryl methyl sites for hydroxylation is 2. The van der Waals surface area contributed by atoms with Crippen molar-refractivity contribution in [1.29, 1.82) is 5.41 Å². The molecule has 0 aliphatic heterocycles. The van der Waals surface area contributed by atoms with Gasteiger partial charge in [0, 0.05) is 25.3 Å². The Morgan fingerprint density at radius 1 is 0.701 bits per heavy atom. The summed E-state index contributed by atoms with van der Waals surface area (Å²) in [6.07, 6.45) is -11.1. The smallest absolute Gasteiger partial charge is 0.280 e. The molecule has 0 bridgehead atoms. The predicted octanol–water partition coefficient (Wildman–Crippen LogP) is -2.66. The Kier molecular flexibility index (Phi) is 21.4. The third-order valence-corrected chi connectivity index (χ3v) is 11.4. The molecule has 0 spiro atoms. The van der Waals surface area contributed by atoms with Crippen LogP contribution >= 0.6 is 11.6 Å². The Bertz CT molecular complexity index is 2200. The van der Waals surface area contributed by atoms with E-state index in [-0.39, 0.29) is 54.5 Å². The number of anilines is 3. The summed E-state index contributed by atoms with van der Waals surface area (Å²) < 4.78 is 0. The lowest BCUT2D eigenvalue weighted by atomic mass is 9.93. The van der Waals surface area contributed by atoms with Crippen molar-refractivity contribution in [1.82, 2.24) is 25.5 Å². The van der Waals surface area contributed by atoms with Crippen molar-refractivity contribution in [3.8, 4) is 0 Å². The van der Waals surface area contributed by atoms with Crippen molar-refractivity contribution in [2.45, 2.75) is 93.4 Å². The highest BCUT2D eigenvalue weighted by molar-refractivity contribution is 6.31. The molecule has 9 atom stereocenters. The summed E-state index contributed by atoms with van der Waals surface area (Å²) in [4.78, 5) is 34.8. The van der Waals surface area contributed by atoms with Crippen LogP contribution in [0.1, 0.15) is 46.4 Å². The molecule has 4 aromatic rings. The van der Waals surface area contributed by atoms with E-state index >= 15 is 0 Å². The van der Waals surface area contributed by atoms with Crippen LogP contribution in [-0.4, -0.2) is 178 Å². The topological polar surface area (TPSA) is 403 Å². The molecule has 9 unspecified atom stereocenters. The van der Waals surface area contributed by atoms with Crippen molar-refractivity contribution >= 4 is 57.5 Å². The van der Waals surface area contributed by atoms with Crippen LogP contribution in [0.4, 0.5) is 17.3 Å². The van der Waals surface area contributed by atoms with E-state index in [9.17, 15) is 50.4 Å². The molecular weight excluding hydrogens is 896 g/mol. The summed E-state index contributed by atoms with van der Waals surface area (Å²) >= 11 is 5.85. The standard InChI is InChI=1S/C44H63ClN10O12/c45-39-41(48)53-40(47)34(52-39)43(67)54-44(49)50-16-4-3-7-24-12-13-25(28-9-2-1-8-27(24)28)18-29(46)42(66)51-26-14-10-23(11-15-26)6-5-17-55(19-30(58)35(62)37(64)32(60)21-56)20-31(59)36(63)38(65)33(61)22-57/h1-2,8-15,29-33,35-38,56-65H,3-7,16-22,46H2,(H,51,66)(H4,47,48,53)(H3,49,50,54,67). The first-order chi connectivity index (χ1) is 31.8. The zero-order valence-corrected chi connectivity index (χ0v) is 37.5. The minimum atomic E-state index is -1.89. The SMILES string of the molecule is N=C(NCCCCc1ccc(CC(N)C(=O)Nc2ccc(CCCN(CC(O)C(O)C(O)C(O)CO)CC(O)C(O)C(O)C(O)CO)cc2)c2ccccc12)NC(=O)c1nc(Cl)c(N)nc1N. The Balaban J connectivity index is 1.27. The van der Waals surface area contributed by atoms with Gasteiger partial charge < -0.3 is 78.9 Å². The number of guanidine groups is 1. The van der Waals surface area contributed by atoms with Crippen molar-refractivity contribution in [2.24, 2.45) is 5.73 Å². The van der Waals surface area contributed by atoms with Crippen LogP contribution in [0, 0.1) is 5.41 Å². The fourth-order valence-corrected chi connectivity index (χ4v) is 7.38. The van der Waals surface area contributed by atoms with Gasteiger partial charge in [0.1, 0.15) is 36.6 Å². The van der Waals surface area contributed by atoms with Crippen LogP contribution in [-0.2, 0) is 24.1 Å². The molecule has 20 N–H and O–H groups in total. The lowest BCUT2D eigenvalue weighted by Gasteiger charge is -2.33. The van der Waals surface area contributed by atoms with E-state index in [4.69, 9.17) is 44.4 Å². The number of nitrogens with zero attached hydrogens (tertiary/aromatic N) is 3. The Morgan fingerprint density at radius 2 is 1.25 bits per heavy atom. The van der Waals surface area contributed by atoms with Crippen LogP contribution in [0.3, 0.4) is 0 Å². The first-order valence-electron chi connectivity index (χ1n) is 21.6. The number of halogens is 1. The van der Waals surface area contributed by atoms with Crippen LogP contribution in [0.15, 0.2) is 60.7 Å². The van der Waals surface area contributed by atoms with Gasteiger partial charge in [-0.1, -0.05) is 60.1 Å². The number of nitrogens with two attached hydrogens (primary N) is 3. The van der Waals surface area contributed by atoms with E-state index in [2.05, 4.69) is 25.9 Å². The fourth-order valence-electron chi connectivity index (χ4n) is 7.25. The number of benzene rings is 3. The third-order valence-electron chi connectivity index (χ3n) is 11.1. The molecule has 1 heterocycles. The number of aromatic nitrogens is 2. The number of carbonyl (C=O) groups is 2. The number of hydrogen-bond donors (Lipinski definition) is 17. The lowest BCUT2D eigenvalue weighted by Crippen LogP contribution is -2.53. The minimum Gasteiger partial charge on any atom is -0.394 e. The van der Waals surface area contributed by atoms with Crippen LogP contribution in [0.25, 0.3) is 10.8 Å². The van der Waals surface area contributed by atoms with Gasteiger partial charge in [-0.3, -0.25) is 25.2 Å². The predicted molar refractivity (Wildman–Crippen MR) is 250 cm³/mol. The fraction of sp³-hybridized carbons (Fsp3) is 0.477. The van der Waals surface area contributed by atoms with Crippen molar-refractivity contribution in [3.05, 3.63) is 88.2 Å². The summed E-state index contributed by atoms with van der Waals surface area (Å²) in [5.41, 5.74) is 20.8. The van der Waals surface area contributed by atoms with Gasteiger partial charge in [-0.25, -0.2) is 9.97 Å². The average molecular weight is 959 g/mol. The van der Waals surface area contributed by atoms with Crippen molar-refractivity contribution < 1.29 is 60.7 Å². The zero-order chi connectivity index (χ0) is 49.4. The molecular formula is C44H63ClN10O12. The molecule has 0 radical (unpaired) electrons. The molecule has 23 heteroatoms. The van der Waals surface area contributed by atoms with Gasteiger partial charge in [0.05, 0.1) is 31.5 Å². The summed E-state index contributed by atoms with van der Waals surface area (Å²) in [7, 11) is 0. The molecule has 0 saturated carbocycles. The molecule has 1 aromatic heterocycles. The van der Waals surface area contributed by atoms with Crippen molar-refractivity contribution in [3.63, 3.8) is 0 Å². The number of unbranched alkanes of at least 4 members (excludes halogenated alkanes) is 1. The molecule has 0 aliphatic carbocycles. The summed E-state index contributed by atoms with van der Waals surface area (Å²) in [5.74, 6) is -1.72. The minimum absolute atomic E-state index is 0.113. The Morgan fingerprint density at radius 3 is 1.84 bits per heavy atom. The van der Waals surface area contributed by atoms with E-state index in [1.807, 2.05) is 36.4 Å². The largest absolute Gasteiger partial charge is 0.394 e. The average Bonchev–Trinajstić information content (AvgIpc) is 3.31. The van der Waals surface area contributed by atoms with Gasteiger partial charge in [-0.05, 0) is 84.7 Å². The highest BCUT2D eigenvalue weighted by Crippen LogP contribution is 2.26. The quantitative estimate of drug-likeness (QED) is 0.0173. The maximum Gasteiger partial charge on any atom is 0.280 e. The second kappa shape index (κ2) is 26.4. The van der Waals surface area contributed by atoms with Gasteiger partial charge in [0.25, 0.3) is 5.91 Å². The maximum atomic E-state index is 13.3. The highest BCUT2D eigenvalue weighted by Gasteiger charge is 2.34. The summed E-state index contributed by atoms with van der Waals surface area (Å²) in [6, 6.07) is 17.9. The van der Waals surface area contributed by atoms with E-state index in [0.717, 1.165) is 40.3 Å². The molecule has 4 rings (SSSR count). The third kappa shape index (κ3) is 16.0. The monoisotopic (exact) mass is 958 g/mol. The van der Waals surface area contributed by atoms with Gasteiger partial charge in [0.15, 0.2) is 28.4 Å². The highest BCUT2D eigenvalue weighted by atomic mass is 35.5. The molecule has 22 nitrogen and oxygen atoms in total. The number of hydrogen-bond acceptors (Lipinski definition) is 19. The zero-order valence-electron chi connectivity index (χ0n) is 36.7. The molecule has 2 amide bonds. The molecule has 3 aromatic carbocycles. The number of aliphatic hydroxyl groups excluding tert-OH is 10. The van der Waals surface area contributed by atoms with E-state index in [1.165, 1.54) is 4.90 Å².